The molecule has 0 spiro atoms. The predicted molar refractivity (Wildman–Crippen MR) is 122 cm³/mol. The summed E-state index contributed by atoms with van der Waals surface area (Å²) in [5.74, 6) is 0.0560. The number of hydrogen-bond donors (Lipinski definition) is 0. The van der Waals surface area contributed by atoms with E-state index in [1.807, 2.05) is 27.6 Å². The van der Waals surface area contributed by atoms with Crippen molar-refractivity contribution in [2.45, 2.75) is 25.7 Å². The van der Waals surface area contributed by atoms with Crippen molar-refractivity contribution in [3.63, 3.8) is 0 Å². The fraction of sp³-hybridized carbons (Fsp3) is 0.462. The van der Waals surface area contributed by atoms with Crippen LogP contribution in [0.5, 0.6) is 0 Å². The number of carbonyl (C=O) groups is 1. The van der Waals surface area contributed by atoms with Crippen LogP contribution in [-0.4, -0.2) is 59.7 Å². The topological polar surface area (TPSA) is 56.1 Å². The van der Waals surface area contributed by atoms with Crippen LogP contribution in [0.15, 0.2) is 55.0 Å². The summed E-state index contributed by atoms with van der Waals surface area (Å²) in [6.45, 7) is 3.40. The van der Waals surface area contributed by atoms with Crippen LogP contribution < -0.4 is 0 Å². The summed E-state index contributed by atoms with van der Waals surface area (Å²) in [4.78, 5) is 20.2. The normalized spacial score (nSPS) is 21.1. The van der Waals surface area contributed by atoms with Gasteiger partial charge in [-0.05, 0) is 48.9 Å². The smallest absolute Gasteiger partial charge is 0.229 e. The molecule has 5 rings (SSSR count). The van der Waals surface area contributed by atoms with E-state index in [1.54, 1.807) is 18.3 Å². The van der Waals surface area contributed by atoms with Gasteiger partial charge in [0.25, 0.3) is 0 Å². The van der Waals surface area contributed by atoms with Crippen molar-refractivity contribution >= 4 is 11.6 Å². The number of carbonyl (C=O) groups excluding carboxylic acids is 1. The van der Waals surface area contributed by atoms with Gasteiger partial charge in [0.2, 0.25) is 5.91 Å². The standard InChI is InChI=1S/C26H30FN3O3/c27-23-4-2-1-3-22(23)16-26(7-12-32-13-8-26)25(31)30-11-14-33-19-21(18-30)15-20-5-6-24-28-9-10-29(24)17-20/h1-6,9-10,17,21H,7-8,11-16,18-19H2/t21-/m1/s1. The summed E-state index contributed by atoms with van der Waals surface area (Å²) in [6.07, 6.45) is 8.27. The zero-order valence-electron chi connectivity index (χ0n) is 18.8. The van der Waals surface area contributed by atoms with Crippen molar-refractivity contribution in [1.82, 2.24) is 14.3 Å². The van der Waals surface area contributed by atoms with Gasteiger partial charge < -0.3 is 18.8 Å². The van der Waals surface area contributed by atoms with E-state index in [-0.39, 0.29) is 17.6 Å². The summed E-state index contributed by atoms with van der Waals surface area (Å²) < 4.78 is 28.0. The molecule has 2 fully saturated rings. The summed E-state index contributed by atoms with van der Waals surface area (Å²) in [7, 11) is 0. The number of nitrogens with zero attached hydrogens (tertiary/aromatic N) is 3. The fourth-order valence-electron chi connectivity index (χ4n) is 5.18. The molecule has 4 heterocycles. The molecule has 2 aliphatic heterocycles. The van der Waals surface area contributed by atoms with E-state index in [2.05, 4.69) is 17.2 Å². The molecule has 174 valence electrons. The van der Waals surface area contributed by atoms with E-state index in [9.17, 15) is 9.18 Å². The molecule has 2 aromatic heterocycles. The molecule has 0 aliphatic carbocycles. The Morgan fingerprint density at radius 2 is 1.97 bits per heavy atom. The molecule has 0 radical (unpaired) electrons. The van der Waals surface area contributed by atoms with Gasteiger partial charge in [-0.3, -0.25) is 4.79 Å². The largest absolute Gasteiger partial charge is 0.381 e. The predicted octanol–water partition coefficient (Wildman–Crippen LogP) is 3.53. The summed E-state index contributed by atoms with van der Waals surface area (Å²) in [5.41, 5.74) is 2.08. The molecule has 1 aromatic carbocycles. The first-order chi connectivity index (χ1) is 16.1. The van der Waals surface area contributed by atoms with Crippen LogP contribution in [0.2, 0.25) is 0 Å². The second-order valence-electron chi connectivity index (χ2n) is 9.29. The summed E-state index contributed by atoms with van der Waals surface area (Å²) in [6, 6.07) is 10.9. The zero-order valence-corrected chi connectivity index (χ0v) is 18.8. The van der Waals surface area contributed by atoms with Crippen molar-refractivity contribution in [3.05, 3.63) is 71.9 Å². The maximum absolute atomic E-state index is 14.5. The van der Waals surface area contributed by atoms with Crippen molar-refractivity contribution in [1.29, 1.82) is 0 Å². The van der Waals surface area contributed by atoms with Crippen LogP contribution in [-0.2, 0) is 27.1 Å². The first-order valence-corrected chi connectivity index (χ1v) is 11.7. The number of halogens is 1. The third kappa shape index (κ3) is 4.80. The van der Waals surface area contributed by atoms with Crippen molar-refractivity contribution in [3.8, 4) is 0 Å². The number of ether oxygens (including phenoxy) is 2. The molecule has 3 aromatic rings. The lowest BCUT2D eigenvalue weighted by atomic mass is 9.73. The van der Waals surface area contributed by atoms with E-state index < -0.39 is 5.41 Å². The monoisotopic (exact) mass is 451 g/mol. The molecule has 2 saturated heterocycles. The summed E-state index contributed by atoms with van der Waals surface area (Å²) in [5, 5.41) is 0. The molecule has 0 unspecified atom stereocenters. The molecule has 1 amide bonds. The van der Waals surface area contributed by atoms with Crippen LogP contribution in [0.25, 0.3) is 5.65 Å². The molecule has 33 heavy (non-hydrogen) atoms. The minimum absolute atomic E-state index is 0.106. The average Bonchev–Trinajstić information content (AvgIpc) is 3.18. The number of amides is 1. The van der Waals surface area contributed by atoms with E-state index in [4.69, 9.17) is 9.47 Å². The second kappa shape index (κ2) is 9.61. The van der Waals surface area contributed by atoms with Crippen molar-refractivity contribution < 1.29 is 18.7 Å². The number of aromatic nitrogens is 2. The van der Waals surface area contributed by atoms with Crippen LogP contribution in [0.4, 0.5) is 4.39 Å². The van der Waals surface area contributed by atoms with Gasteiger partial charge in [0.1, 0.15) is 11.5 Å². The Kier molecular flexibility index (Phi) is 6.42. The highest BCUT2D eigenvalue weighted by atomic mass is 19.1. The number of benzene rings is 1. The molecule has 6 nitrogen and oxygen atoms in total. The lowest BCUT2D eigenvalue weighted by Crippen LogP contribution is -2.50. The van der Waals surface area contributed by atoms with E-state index >= 15 is 0 Å². The van der Waals surface area contributed by atoms with Gasteiger partial charge in [-0.2, -0.15) is 0 Å². The van der Waals surface area contributed by atoms with Gasteiger partial charge in [0, 0.05) is 50.8 Å². The number of pyridine rings is 1. The van der Waals surface area contributed by atoms with Gasteiger partial charge in [-0.1, -0.05) is 24.3 Å². The quantitative estimate of drug-likeness (QED) is 0.596. The van der Waals surface area contributed by atoms with Gasteiger partial charge in [-0.25, -0.2) is 9.37 Å². The molecular formula is C26H30FN3O3. The second-order valence-corrected chi connectivity index (χ2v) is 9.29. The fourth-order valence-corrected chi connectivity index (χ4v) is 5.18. The minimum atomic E-state index is -0.634. The van der Waals surface area contributed by atoms with Crippen molar-refractivity contribution in [2.24, 2.45) is 11.3 Å². The Balaban J connectivity index is 1.35. The molecule has 0 N–H and O–H groups in total. The maximum Gasteiger partial charge on any atom is 0.229 e. The van der Waals surface area contributed by atoms with E-state index in [0.29, 0.717) is 64.3 Å². The van der Waals surface area contributed by atoms with Gasteiger partial charge in [0.05, 0.1) is 18.6 Å². The summed E-state index contributed by atoms with van der Waals surface area (Å²) >= 11 is 0. The van der Waals surface area contributed by atoms with Crippen LogP contribution in [0, 0.1) is 17.2 Å². The molecule has 7 heteroatoms. The number of fused-ring (bicyclic) bond motifs is 1. The maximum atomic E-state index is 14.5. The Labute approximate surface area is 193 Å². The van der Waals surface area contributed by atoms with Crippen molar-refractivity contribution in [2.75, 3.05) is 39.5 Å². The lowest BCUT2D eigenvalue weighted by molar-refractivity contribution is -0.148. The highest BCUT2D eigenvalue weighted by molar-refractivity contribution is 5.83. The van der Waals surface area contributed by atoms with Crippen LogP contribution in [0.1, 0.15) is 24.0 Å². The third-order valence-electron chi connectivity index (χ3n) is 6.99. The Morgan fingerprint density at radius 1 is 1.12 bits per heavy atom. The highest BCUT2D eigenvalue weighted by Gasteiger charge is 2.43. The number of hydrogen-bond acceptors (Lipinski definition) is 4. The van der Waals surface area contributed by atoms with Gasteiger partial charge in [0.15, 0.2) is 0 Å². The SMILES string of the molecule is O=C(N1CCOC[C@H](Cc2ccc3nccn3c2)C1)C1(Cc2ccccc2F)CCOCC1. The number of imidazole rings is 1. The first kappa shape index (κ1) is 22.0. The van der Waals surface area contributed by atoms with Crippen LogP contribution in [0.3, 0.4) is 0 Å². The third-order valence-corrected chi connectivity index (χ3v) is 6.99. The Morgan fingerprint density at radius 3 is 2.82 bits per heavy atom. The molecular weight excluding hydrogens is 421 g/mol. The highest BCUT2D eigenvalue weighted by Crippen LogP contribution is 2.37. The number of rotatable bonds is 5. The van der Waals surface area contributed by atoms with Gasteiger partial charge >= 0.3 is 0 Å². The minimum Gasteiger partial charge on any atom is -0.381 e. The zero-order chi connectivity index (χ0) is 22.7. The van der Waals surface area contributed by atoms with Gasteiger partial charge in [-0.15, -0.1) is 0 Å². The van der Waals surface area contributed by atoms with Crippen LogP contribution >= 0.6 is 0 Å². The lowest BCUT2D eigenvalue weighted by Gasteiger charge is -2.40. The van der Waals surface area contributed by atoms with E-state index in [1.165, 1.54) is 11.6 Å². The molecule has 0 saturated carbocycles. The molecule has 0 bridgehead atoms. The molecule has 2 aliphatic rings. The Bertz CT molecular complexity index is 1110. The Hall–Kier alpha value is -2.77. The average molecular weight is 452 g/mol. The van der Waals surface area contributed by atoms with E-state index in [0.717, 1.165) is 12.1 Å². The molecule has 1 atom stereocenters. The first-order valence-electron chi connectivity index (χ1n) is 11.7.